The molecule has 118 valence electrons. The normalized spacial score (nSPS) is 13.9. The third-order valence-corrected chi connectivity index (χ3v) is 4.46. The fourth-order valence-electron chi connectivity index (χ4n) is 2.20. The van der Waals surface area contributed by atoms with Gasteiger partial charge in [0.15, 0.2) is 0 Å². The maximum absolute atomic E-state index is 12.3. The molecule has 0 aliphatic heterocycles. The summed E-state index contributed by atoms with van der Waals surface area (Å²) >= 11 is 1.48. The number of thiophene rings is 1. The SMILES string of the molecule is CN(C)Cc1cccc(C(=O)NCC(C)(O)c2cccs2)c1. The highest BCUT2D eigenvalue weighted by Gasteiger charge is 2.25. The van der Waals surface area contributed by atoms with Crippen LogP contribution in [-0.4, -0.2) is 36.6 Å². The predicted molar refractivity (Wildman–Crippen MR) is 90.1 cm³/mol. The summed E-state index contributed by atoms with van der Waals surface area (Å²) < 4.78 is 0. The minimum atomic E-state index is -1.05. The van der Waals surface area contributed by atoms with Gasteiger partial charge in [-0.15, -0.1) is 11.3 Å². The Hall–Kier alpha value is -1.69. The lowest BCUT2D eigenvalue weighted by molar-refractivity contribution is 0.0556. The Morgan fingerprint density at radius 1 is 1.32 bits per heavy atom. The van der Waals surface area contributed by atoms with Crippen molar-refractivity contribution in [1.82, 2.24) is 10.2 Å². The van der Waals surface area contributed by atoms with Crippen molar-refractivity contribution in [2.75, 3.05) is 20.6 Å². The summed E-state index contributed by atoms with van der Waals surface area (Å²) in [5, 5.41) is 15.2. The first-order valence-electron chi connectivity index (χ1n) is 7.17. The molecule has 2 aromatic rings. The monoisotopic (exact) mass is 318 g/mol. The minimum Gasteiger partial charge on any atom is -0.383 e. The van der Waals surface area contributed by atoms with E-state index < -0.39 is 5.60 Å². The molecule has 0 saturated heterocycles. The Morgan fingerprint density at radius 3 is 2.73 bits per heavy atom. The van der Waals surface area contributed by atoms with Gasteiger partial charge in [-0.25, -0.2) is 0 Å². The third-order valence-electron chi connectivity index (χ3n) is 3.33. The van der Waals surface area contributed by atoms with Gasteiger partial charge in [0.2, 0.25) is 0 Å². The summed E-state index contributed by atoms with van der Waals surface area (Å²) in [6, 6.07) is 11.3. The molecule has 22 heavy (non-hydrogen) atoms. The molecule has 1 unspecified atom stereocenters. The van der Waals surface area contributed by atoms with E-state index in [1.54, 1.807) is 13.0 Å². The average Bonchev–Trinajstić information content (AvgIpc) is 2.99. The molecular formula is C17H22N2O2S. The summed E-state index contributed by atoms with van der Waals surface area (Å²) in [4.78, 5) is 15.2. The van der Waals surface area contributed by atoms with E-state index in [0.717, 1.165) is 17.0 Å². The van der Waals surface area contributed by atoms with Crippen LogP contribution in [0.3, 0.4) is 0 Å². The Balaban J connectivity index is 2.00. The molecule has 1 atom stereocenters. The molecule has 0 spiro atoms. The second-order valence-electron chi connectivity index (χ2n) is 5.87. The summed E-state index contributed by atoms with van der Waals surface area (Å²) in [5.41, 5.74) is 0.648. The topological polar surface area (TPSA) is 52.6 Å². The predicted octanol–water partition coefficient (Wildman–Crippen LogP) is 2.45. The van der Waals surface area contributed by atoms with Gasteiger partial charge in [-0.05, 0) is 50.2 Å². The molecule has 0 saturated carbocycles. The van der Waals surface area contributed by atoms with Crippen molar-refractivity contribution in [2.45, 2.75) is 19.1 Å². The minimum absolute atomic E-state index is 0.169. The molecule has 5 heteroatoms. The van der Waals surface area contributed by atoms with Crippen LogP contribution < -0.4 is 5.32 Å². The van der Waals surface area contributed by atoms with E-state index in [2.05, 4.69) is 10.2 Å². The molecule has 4 nitrogen and oxygen atoms in total. The lowest BCUT2D eigenvalue weighted by Gasteiger charge is -2.22. The largest absolute Gasteiger partial charge is 0.383 e. The van der Waals surface area contributed by atoms with Crippen LogP contribution in [0.25, 0.3) is 0 Å². The molecule has 0 fully saturated rings. The van der Waals surface area contributed by atoms with Crippen molar-refractivity contribution in [2.24, 2.45) is 0 Å². The lowest BCUT2D eigenvalue weighted by Crippen LogP contribution is -2.38. The first-order valence-corrected chi connectivity index (χ1v) is 8.05. The fraction of sp³-hybridized carbons (Fsp3) is 0.353. The van der Waals surface area contributed by atoms with Crippen LogP contribution in [0.4, 0.5) is 0 Å². The maximum Gasteiger partial charge on any atom is 0.251 e. The number of aliphatic hydroxyl groups is 1. The molecular weight excluding hydrogens is 296 g/mol. The highest BCUT2D eigenvalue weighted by Crippen LogP contribution is 2.24. The lowest BCUT2D eigenvalue weighted by atomic mass is 10.0. The number of amides is 1. The maximum atomic E-state index is 12.3. The standard InChI is InChI=1S/C17H22N2O2S/c1-17(21,15-8-5-9-22-15)12-18-16(20)14-7-4-6-13(10-14)11-19(2)3/h4-10,21H,11-12H2,1-3H3,(H,18,20). The highest BCUT2D eigenvalue weighted by molar-refractivity contribution is 7.10. The van der Waals surface area contributed by atoms with Crippen molar-refractivity contribution in [3.8, 4) is 0 Å². The van der Waals surface area contributed by atoms with Gasteiger partial charge in [0.1, 0.15) is 5.60 Å². The Labute approximate surface area is 135 Å². The summed E-state index contributed by atoms with van der Waals surface area (Å²) in [5.74, 6) is -0.169. The van der Waals surface area contributed by atoms with Crippen molar-refractivity contribution in [3.05, 3.63) is 57.8 Å². The Kier molecular flexibility index (Phi) is 5.34. The van der Waals surface area contributed by atoms with Gasteiger partial charge >= 0.3 is 0 Å². The van der Waals surface area contributed by atoms with E-state index in [-0.39, 0.29) is 12.5 Å². The van der Waals surface area contributed by atoms with Gasteiger partial charge in [0, 0.05) is 17.0 Å². The fourth-order valence-corrected chi connectivity index (χ4v) is 2.99. The van der Waals surface area contributed by atoms with Crippen molar-refractivity contribution < 1.29 is 9.90 Å². The molecule has 0 aliphatic carbocycles. The van der Waals surface area contributed by atoms with Gasteiger partial charge in [0.25, 0.3) is 5.91 Å². The molecule has 1 heterocycles. The molecule has 1 aromatic carbocycles. The summed E-state index contributed by atoms with van der Waals surface area (Å²) in [6.45, 7) is 2.68. The second kappa shape index (κ2) is 7.05. The van der Waals surface area contributed by atoms with Crippen molar-refractivity contribution in [3.63, 3.8) is 0 Å². The van der Waals surface area contributed by atoms with Crippen LogP contribution in [0.2, 0.25) is 0 Å². The van der Waals surface area contributed by atoms with Crippen LogP contribution >= 0.6 is 11.3 Å². The number of benzene rings is 1. The molecule has 2 N–H and O–H groups in total. The zero-order valence-corrected chi connectivity index (χ0v) is 14.0. The zero-order chi connectivity index (χ0) is 16.2. The molecule has 0 aliphatic rings. The number of hydrogen-bond donors (Lipinski definition) is 2. The Bertz CT molecular complexity index is 621. The van der Waals surface area contributed by atoms with E-state index in [1.165, 1.54) is 11.3 Å². The second-order valence-corrected chi connectivity index (χ2v) is 6.82. The van der Waals surface area contributed by atoms with Crippen molar-refractivity contribution >= 4 is 17.2 Å². The molecule has 1 amide bonds. The first kappa shape index (κ1) is 16.7. The van der Waals surface area contributed by atoms with Gasteiger partial charge in [-0.3, -0.25) is 4.79 Å². The van der Waals surface area contributed by atoms with Crippen LogP contribution in [0.15, 0.2) is 41.8 Å². The highest BCUT2D eigenvalue weighted by atomic mass is 32.1. The third kappa shape index (κ3) is 4.40. The molecule has 0 bridgehead atoms. The van der Waals surface area contributed by atoms with E-state index in [9.17, 15) is 9.90 Å². The summed E-state index contributed by atoms with van der Waals surface area (Å²) in [7, 11) is 3.98. The Morgan fingerprint density at radius 2 is 2.09 bits per heavy atom. The van der Waals surface area contributed by atoms with Gasteiger partial charge in [0.05, 0.1) is 6.54 Å². The van der Waals surface area contributed by atoms with Gasteiger partial charge < -0.3 is 15.3 Å². The van der Waals surface area contributed by atoms with E-state index in [4.69, 9.17) is 0 Å². The van der Waals surface area contributed by atoms with Crippen LogP contribution in [0.5, 0.6) is 0 Å². The molecule has 1 aromatic heterocycles. The number of rotatable bonds is 6. The van der Waals surface area contributed by atoms with Crippen LogP contribution in [-0.2, 0) is 12.1 Å². The van der Waals surface area contributed by atoms with Crippen LogP contribution in [0, 0.1) is 0 Å². The quantitative estimate of drug-likeness (QED) is 0.860. The molecule has 2 rings (SSSR count). The number of carbonyl (C=O) groups excluding carboxylic acids is 1. The van der Waals surface area contributed by atoms with E-state index >= 15 is 0 Å². The van der Waals surface area contributed by atoms with Gasteiger partial charge in [-0.1, -0.05) is 18.2 Å². The van der Waals surface area contributed by atoms with E-state index in [1.807, 2.05) is 49.8 Å². The van der Waals surface area contributed by atoms with Crippen LogP contribution in [0.1, 0.15) is 27.7 Å². The average molecular weight is 318 g/mol. The number of carbonyl (C=O) groups is 1. The summed E-state index contributed by atoms with van der Waals surface area (Å²) in [6.07, 6.45) is 0. The van der Waals surface area contributed by atoms with Gasteiger partial charge in [-0.2, -0.15) is 0 Å². The first-order chi connectivity index (χ1) is 10.4. The zero-order valence-electron chi connectivity index (χ0n) is 13.2. The number of nitrogens with zero attached hydrogens (tertiary/aromatic N) is 1. The smallest absolute Gasteiger partial charge is 0.251 e. The number of nitrogens with one attached hydrogen (secondary N) is 1. The molecule has 0 radical (unpaired) electrons. The van der Waals surface area contributed by atoms with E-state index in [0.29, 0.717) is 5.56 Å². The van der Waals surface area contributed by atoms with Crippen molar-refractivity contribution in [1.29, 1.82) is 0 Å². The number of hydrogen-bond acceptors (Lipinski definition) is 4.